The molecule has 0 aromatic heterocycles. The summed E-state index contributed by atoms with van der Waals surface area (Å²) in [4.78, 5) is 0. The van der Waals surface area contributed by atoms with Gasteiger partial charge in [0.15, 0.2) is 0 Å². The van der Waals surface area contributed by atoms with E-state index in [1.54, 1.807) is 0 Å². The Morgan fingerprint density at radius 3 is 2.40 bits per heavy atom. The van der Waals surface area contributed by atoms with Crippen molar-refractivity contribution in [1.29, 1.82) is 0 Å². The average Bonchev–Trinajstić information content (AvgIpc) is 1.41. The molecule has 0 aromatic rings. The van der Waals surface area contributed by atoms with Crippen molar-refractivity contribution in [1.82, 2.24) is 0 Å². The Morgan fingerprint density at radius 2 is 2.40 bits per heavy atom. The predicted molar refractivity (Wildman–Crippen MR) is 37.1 cm³/mol. The van der Waals surface area contributed by atoms with Gasteiger partial charge in [-0.2, -0.15) is 0 Å². The molecule has 0 N–H and O–H groups in total. The summed E-state index contributed by atoms with van der Waals surface area (Å²) in [5.41, 5.74) is 0. The highest BCUT2D eigenvalue weighted by Crippen LogP contribution is 2.26. The van der Waals surface area contributed by atoms with Crippen LogP contribution < -0.4 is 0 Å². The zero-order chi connectivity index (χ0) is 4.12. The molecule has 0 bridgehead atoms. The van der Waals surface area contributed by atoms with Gasteiger partial charge in [-0.1, -0.05) is 8.27 Å². The zero-order valence-electron chi connectivity index (χ0n) is 3.28. The van der Waals surface area contributed by atoms with E-state index in [1.165, 1.54) is 5.90 Å². The van der Waals surface area contributed by atoms with Crippen LogP contribution in [0.4, 0.5) is 0 Å². The Balaban J connectivity index is 2.19. The third-order valence-corrected chi connectivity index (χ3v) is 4.35. The van der Waals surface area contributed by atoms with Gasteiger partial charge in [0.2, 0.25) is 0 Å². The highest BCUT2D eigenvalue weighted by Gasteiger charge is 1.66. The van der Waals surface area contributed by atoms with E-state index < -0.39 is 0 Å². The van der Waals surface area contributed by atoms with Crippen LogP contribution in [-0.4, -0.2) is 12.6 Å². The van der Waals surface area contributed by atoms with Crippen molar-refractivity contribution in [3.05, 3.63) is 0 Å². The van der Waals surface area contributed by atoms with Crippen molar-refractivity contribution in [2.45, 2.75) is 0 Å². The summed E-state index contributed by atoms with van der Waals surface area (Å²) in [6.07, 6.45) is 0. The van der Waals surface area contributed by atoms with Crippen LogP contribution in [0.1, 0.15) is 0 Å². The molecule has 0 amide bonds. The summed E-state index contributed by atoms with van der Waals surface area (Å²) < 4.78 is 0. The second-order valence-electron chi connectivity index (χ2n) is 0.734. The van der Waals surface area contributed by atoms with Gasteiger partial charge in [0, 0.05) is 0 Å². The van der Waals surface area contributed by atoms with E-state index in [0.717, 1.165) is 16.9 Å². The molecule has 0 heterocycles. The van der Waals surface area contributed by atoms with E-state index in [9.17, 15) is 0 Å². The SMILES string of the molecule is CPCPP. The lowest BCUT2D eigenvalue weighted by atomic mass is 11.9. The molecule has 0 fully saturated rings. The van der Waals surface area contributed by atoms with Gasteiger partial charge < -0.3 is 0 Å². The average molecular weight is 126 g/mol. The smallest absolute Gasteiger partial charge is 0.0144 e. The van der Waals surface area contributed by atoms with Crippen molar-refractivity contribution in [3.8, 4) is 0 Å². The summed E-state index contributed by atoms with van der Waals surface area (Å²) in [5, 5.41) is 0. The Kier molecular flexibility index (Phi) is 6.65. The first kappa shape index (κ1) is 6.29. The Morgan fingerprint density at radius 1 is 1.80 bits per heavy atom. The lowest BCUT2D eigenvalue weighted by Gasteiger charge is -1.81. The van der Waals surface area contributed by atoms with Gasteiger partial charge in [0.25, 0.3) is 0 Å². The Hall–Kier alpha value is 1.29. The van der Waals surface area contributed by atoms with E-state index >= 15 is 0 Å². The maximum Gasteiger partial charge on any atom is -0.0144 e. The van der Waals surface area contributed by atoms with Gasteiger partial charge in [0.05, 0.1) is 0 Å². The van der Waals surface area contributed by atoms with Gasteiger partial charge in [-0.3, -0.25) is 0 Å². The molecule has 3 atom stereocenters. The molecule has 0 radical (unpaired) electrons. The summed E-state index contributed by atoms with van der Waals surface area (Å²) in [6, 6.07) is 0. The highest BCUT2D eigenvalue weighted by molar-refractivity contribution is 8.05. The minimum absolute atomic E-state index is 1.09. The van der Waals surface area contributed by atoms with E-state index in [0.29, 0.717) is 0 Å². The van der Waals surface area contributed by atoms with Gasteiger partial charge in [-0.05, 0) is 12.6 Å². The summed E-state index contributed by atoms with van der Waals surface area (Å²) >= 11 is 0. The first-order chi connectivity index (χ1) is 2.41. The molecule has 0 saturated carbocycles. The molecule has 0 aliphatic heterocycles. The molecule has 0 nitrogen and oxygen atoms in total. The summed E-state index contributed by atoms with van der Waals surface area (Å²) in [6.45, 7) is 2.23. The van der Waals surface area contributed by atoms with E-state index in [4.69, 9.17) is 0 Å². The topological polar surface area (TPSA) is 0 Å². The standard InChI is InChI=1S/C2H9P3/c1-4-2-5-3/h4-5H,2-3H2,1H3. The van der Waals surface area contributed by atoms with Crippen molar-refractivity contribution in [2.24, 2.45) is 0 Å². The van der Waals surface area contributed by atoms with Crippen molar-refractivity contribution >= 4 is 25.8 Å². The third-order valence-electron chi connectivity index (χ3n) is 0.279. The predicted octanol–water partition coefficient (Wildman–Crippen LogP) is 1.72. The van der Waals surface area contributed by atoms with Crippen molar-refractivity contribution < 1.29 is 0 Å². The second-order valence-corrected chi connectivity index (χ2v) is 4.49. The number of hydrogen-bond donors (Lipinski definition) is 0. The van der Waals surface area contributed by atoms with Crippen LogP contribution in [-0.2, 0) is 0 Å². The zero-order valence-corrected chi connectivity index (χ0v) is 6.44. The van der Waals surface area contributed by atoms with Crippen LogP contribution in [0, 0.1) is 0 Å². The van der Waals surface area contributed by atoms with Gasteiger partial charge in [-0.25, -0.2) is 0 Å². The molecule has 0 aliphatic carbocycles. The van der Waals surface area contributed by atoms with E-state index in [1.807, 2.05) is 0 Å². The van der Waals surface area contributed by atoms with Crippen LogP contribution in [0.25, 0.3) is 0 Å². The quantitative estimate of drug-likeness (QED) is 0.494. The molecule has 0 rings (SSSR count). The van der Waals surface area contributed by atoms with Crippen molar-refractivity contribution in [2.75, 3.05) is 12.6 Å². The maximum atomic E-state index is 2.73. The number of rotatable bonds is 2. The van der Waals surface area contributed by atoms with E-state index in [-0.39, 0.29) is 0 Å². The largest absolute Gasteiger partial charge is 0.121 e. The molecule has 0 aromatic carbocycles. The van der Waals surface area contributed by atoms with Gasteiger partial charge >= 0.3 is 0 Å². The van der Waals surface area contributed by atoms with Crippen LogP contribution in [0.15, 0.2) is 0 Å². The Bertz CT molecular complexity index is 12.4. The first-order valence-corrected chi connectivity index (χ1v) is 6.22. The lowest BCUT2D eigenvalue weighted by molar-refractivity contribution is 2.19. The normalized spacial score (nSPS) is 13.2. The van der Waals surface area contributed by atoms with Crippen LogP contribution >= 0.6 is 25.8 Å². The van der Waals surface area contributed by atoms with Crippen molar-refractivity contribution in [3.63, 3.8) is 0 Å². The summed E-state index contributed by atoms with van der Waals surface area (Å²) in [5.74, 6) is 1.41. The van der Waals surface area contributed by atoms with Crippen LogP contribution in [0.3, 0.4) is 0 Å². The summed E-state index contributed by atoms with van der Waals surface area (Å²) in [7, 11) is 4.97. The lowest BCUT2D eigenvalue weighted by Crippen LogP contribution is -1.42. The third kappa shape index (κ3) is 5.29. The molecule has 32 valence electrons. The molecule has 0 spiro atoms. The molecule has 3 heteroatoms. The fraction of sp³-hybridized carbons (Fsp3) is 1.00. The minimum Gasteiger partial charge on any atom is -0.121 e. The maximum absolute atomic E-state index is 2.73. The highest BCUT2D eigenvalue weighted by atomic mass is 32.0. The molecular formula is C2H9P3. The first-order valence-electron chi connectivity index (χ1n) is 1.50. The van der Waals surface area contributed by atoms with Gasteiger partial charge in [0.1, 0.15) is 0 Å². The Labute approximate surface area is 39.2 Å². The monoisotopic (exact) mass is 126 g/mol. The van der Waals surface area contributed by atoms with Gasteiger partial charge in [-0.15, -0.1) is 17.5 Å². The molecule has 0 aliphatic rings. The molecule has 5 heavy (non-hydrogen) atoms. The second kappa shape index (κ2) is 5.29. The molecule has 0 saturated heterocycles. The molecule has 3 unspecified atom stereocenters. The fourth-order valence-electron chi connectivity index (χ4n) is 0.102. The fourth-order valence-corrected chi connectivity index (χ4v) is 2.76. The van der Waals surface area contributed by atoms with Crippen LogP contribution in [0.5, 0.6) is 0 Å². The molecular weight excluding hydrogens is 117 g/mol. The minimum atomic E-state index is 1.09. The number of hydrogen-bond acceptors (Lipinski definition) is 0. The van der Waals surface area contributed by atoms with E-state index in [2.05, 4.69) is 15.6 Å². The van der Waals surface area contributed by atoms with Crippen LogP contribution in [0.2, 0.25) is 0 Å².